The summed E-state index contributed by atoms with van der Waals surface area (Å²) in [6.45, 7) is 9.25. The van der Waals surface area contributed by atoms with Gasteiger partial charge in [0, 0.05) is 54.9 Å². The molecule has 1 fully saturated rings. The first-order valence-corrected chi connectivity index (χ1v) is 13.1. The van der Waals surface area contributed by atoms with E-state index >= 15 is 0 Å². The van der Waals surface area contributed by atoms with Gasteiger partial charge in [-0.25, -0.2) is 9.18 Å². The Morgan fingerprint density at radius 1 is 0.949 bits per heavy atom. The van der Waals surface area contributed by atoms with Crippen molar-refractivity contribution < 1.29 is 23.5 Å². The SMILES string of the molecule is COc1c(-c2cc(Cl)cc(N3CCN(C(=O)OC(C)(C)C)CC3)c2)cccc1-c1ccc(NC(C)=O)c(F)c1. The summed E-state index contributed by atoms with van der Waals surface area (Å²) in [5.41, 5.74) is 3.48. The van der Waals surface area contributed by atoms with Crippen molar-refractivity contribution in [1.82, 2.24) is 4.90 Å². The highest BCUT2D eigenvalue weighted by Gasteiger charge is 2.26. The fourth-order valence-corrected chi connectivity index (χ4v) is 4.80. The Hall–Kier alpha value is -3.78. The van der Waals surface area contributed by atoms with E-state index in [4.69, 9.17) is 21.1 Å². The Balaban J connectivity index is 1.61. The van der Waals surface area contributed by atoms with E-state index in [1.807, 2.05) is 57.2 Å². The van der Waals surface area contributed by atoms with Crippen LogP contribution in [0, 0.1) is 5.82 Å². The minimum absolute atomic E-state index is 0.118. The fraction of sp³-hybridized carbons (Fsp3) is 0.333. The van der Waals surface area contributed by atoms with Crippen LogP contribution in [0.4, 0.5) is 20.6 Å². The monoisotopic (exact) mass is 553 g/mol. The molecule has 0 atom stereocenters. The Kier molecular flexibility index (Phi) is 8.35. The molecule has 3 aromatic carbocycles. The summed E-state index contributed by atoms with van der Waals surface area (Å²) in [6, 6.07) is 16.1. The molecule has 0 aliphatic carbocycles. The van der Waals surface area contributed by atoms with E-state index in [1.165, 1.54) is 19.1 Å². The lowest BCUT2D eigenvalue weighted by molar-refractivity contribution is -0.114. The van der Waals surface area contributed by atoms with E-state index in [2.05, 4.69) is 10.2 Å². The molecule has 9 heteroatoms. The summed E-state index contributed by atoms with van der Waals surface area (Å²) in [5, 5.41) is 3.05. The normalized spacial score (nSPS) is 13.7. The van der Waals surface area contributed by atoms with Gasteiger partial charge in [-0.15, -0.1) is 0 Å². The van der Waals surface area contributed by atoms with E-state index in [1.54, 1.807) is 18.1 Å². The second-order valence-corrected chi connectivity index (χ2v) is 10.9. The molecule has 1 heterocycles. The van der Waals surface area contributed by atoms with Crippen LogP contribution in [0.5, 0.6) is 5.75 Å². The van der Waals surface area contributed by atoms with Gasteiger partial charge in [0.1, 0.15) is 17.2 Å². The zero-order valence-electron chi connectivity index (χ0n) is 22.8. The quantitative estimate of drug-likeness (QED) is 0.375. The Morgan fingerprint density at radius 3 is 2.21 bits per heavy atom. The highest BCUT2D eigenvalue weighted by Crippen LogP contribution is 2.41. The number of rotatable bonds is 5. The van der Waals surface area contributed by atoms with Crippen LogP contribution in [-0.2, 0) is 9.53 Å². The molecule has 0 saturated carbocycles. The van der Waals surface area contributed by atoms with E-state index in [0.717, 1.165) is 16.8 Å². The largest absolute Gasteiger partial charge is 0.495 e. The number of anilines is 2. The van der Waals surface area contributed by atoms with Crippen LogP contribution in [0.2, 0.25) is 5.02 Å². The molecule has 0 aromatic heterocycles. The predicted molar refractivity (Wildman–Crippen MR) is 153 cm³/mol. The van der Waals surface area contributed by atoms with Crippen molar-refractivity contribution in [2.45, 2.75) is 33.3 Å². The molecule has 0 bridgehead atoms. The number of halogens is 2. The number of para-hydroxylation sites is 1. The van der Waals surface area contributed by atoms with Crippen molar-refractivity contribution in [2.24, 2.45) is 0 Å². The van der Waals surface area contributed by atoms with Gasteiger partial charge in [0.15, 0.2) is 0 Å². The first-order chi connectivity index (χ1) is 18.4. The average Bonchev–Trinajstić information content (AvgIpc) is 2.88. The number of carbonyl (C=O) groups is 2. The van der Waals surface area contributed by atoms with Crippen LogP contribution in [0.25, 0.3) is 22.3 Å². The third-order valence-electron chi connectivity index (χ3n) is 6.30. The predicted octanol–water partition coefficient (Wildman–Crippen LogP) is 6.84. The number of methoxy groups -OCH3 is 1. The summed E-state index contributed by atoms with van der Waals surface area (Å²) in [7, 11) is 1.58. The summed E-state index contributed by atoms with van der Waals surface area (Å²) in [5.74, 6) is -0.304. The van der Waals surface area contributed by atoms with Gasteiger partial charge in [-0.2, -0.15) is 0 Å². The van der Waals surface area contributed by atoms with Crippen LogP contribution in [0.1, 0.15) is 27.7 Å². The number of ether oxygens (including phenoxy) is 2. The topological polar surface area (TPSA) is 71.1 Å². The van der Waals surface area contributed by atoms with Gasteiger partial charge in [-0.1, -0.05) is 35.9 Å². The van der Waals surface area contributed by atoms with E-state index in [0.29, 0.717) is 48.1 Å². The van der Waals surface area contributed by atoms with Crippen molar-refractivity contribution in [1.29, 1.82) is 0 Å². The van der Waals surface area contributed by atoms with Crippen LogP contribution in [0.3, 0.4) is 0 Å². The second kappa shape index (κ2) is 11.5. The number of nitrogens with zero attached hydrogens (tertiary/aromatic N) is 2. The molecule has 7 nitrogen and oxygen atoms in total. The van der Waals surface area contributed by atoms with Gasteiger partial charge in [-0.3, -0.25) is 4.79 Å². The lowest BCUT2D eigenvalue weighted by atomic mass is 9.96. The smallest absolute Gasteiger partial charge is 0.410 e. The maximum Gasteiger partial charge on any atom is 0.410 e. The fourth-order valence-electron chi connectivity index (χ4n) is 4.57. The minimum atomic E-state index is -0.539. The molecule has 0 unspecified atom stereocenters. The molecule has 39 heavy (non-hydrogen) atoms. The average molecular weight is 554 g/mol. The van der Waals surface area contributed by atoms with Crippen molar-refractivity contribution in [3.8, 4) is 28.0 Å². The van der Waals surface area contributed by atoms with Gasteiger partial charge in [0.2, 0.25) is 5.91 Å². The maximum atomic E-state index is 14.7. The molecule has 1 N–H and O–H groups in total. The molecule has 1 aliphatic heterocycles. The zero-order chi connectivity index (χ0) is 28.3. The Labute approximate surface area is 233 Å². The Bertz CT molecular complexity index is 1380. The van der Waals surface area contributed by atoms with Gasteiger partial charge >= 0.3 is 6.09 Å². The molecule has 206 valence electrons. The first-order valence-electron chi connectivity index (χ1n) is 12.7. The Morgan fingerprint density at radius 2 is 1.62 bits per heavy atom. The van der Waals surface area contributed by atoms with Gasteiger partial charge < -0.3 is 24.6 Å². The third kappa shape index (κ3) is 6.81. The number of benzene rings is 3. The molecule has 4 rings (SSSR count). The molecular weight excluding hydrogens is 521 g/mol. The summed E-state index contributed by atoms with van der Waals surface area (Å²) < 4.78 is 26.0. The number of hydrogen-bond donors (Lipinski definition) is 1. The zero-order valence-corrected chi connectivity index (χ0v) is 23.6. The van der Waals surface area contributed by atoms with Crippen molar-refractivity contribution in [2.75, 3.05) is 43.5 Å². The van der Waals surface area contributed by atoms with Crippen LogP contribution >= 0.6 is 11.6 Å². The lowest BCUT2D eigenvalue weighted by Crippen LogP contribution is -2.50. The van der Waals surface area contributed by atoms with E-state index in [-0.39, 0.29) is 17.7 Å². The van der Waals surface area contributed by atoms with Crippen LogP contribution in [0.15, 0.2) is 54.6 Å². The van der Waals surface area contributed by atoms with Crippen LogP contribution in [-0.4, -0.2) is 55.8 Å². The summed E-state index contributed by atoms with van der Waals surface area (Å²) >= 11 is 6.57. The number of carbonyl (C=O) groups excluding carboxylic acids is 2. The molecular formula is C30H33ClFN3O4. The van der Waals surface area contributed by atoms with E-state index in [9.17, 15) is 14.0 Å². The second-order valence-electron chi connectivity index (χ2n) is 10.4. The van der Waals surface area contributed by atoms with E-state index < -0.39 is 11.4 Å². The maximum absolute atomic E-state index is 14.7. The molecule has 0 spiro atoms. The first kappa shape index (κ1) is 28.2. The highest BCUT2D eigenvalue weighted by molar-refractivity contribution is 6.31. The summed E-state index contributed by atoms with van der Waals surface area (Å²) in [6.07, 6.45) is -0.308. The number of hydrogen-bond acceptors (Lipinski definition) is 5. The lowest BCUT2D eigenvalue weighted by Gasteiger charge is -2.37. The van der Waals surface area contributed by atoms with Crippen molar-refractivity contribution in [3.05, 3.63) is 65.4 Å². The van der Waals surface area contributed by atoms with Crippen molar-refractivity contribution in [3.63, 3.8) is 0 Å². The van der Waals surface area contributed by atoms with Crippen molar-refractivity contribution >= 4 is 35.0 Å². The third-order valence-corrected chi connectivity index (χ3v) is 6.52. The number of nitrogens with one attached hydrogen (secondary N) is 1. The van der Waals surface area contributed by atoms with Gasteiger partial charge in [-0.05, 0) is 62.2 Å². The van der Waals surface area contributed by atoms with Gasteiger partial charge in [0.05, 0.1) is 12.8 Å². The van der Waals surface area contributed by atoms with Gasteiger partial charge in [0.25, 0.3) is 0 Å². The minimum Gasteiger partial charge on any atom is -0.495 e. The highest BCUT2D eigenvalue weighted by atomic mass is 35.5. The summed E-state index contributed by atoms with van der Waals surface area (Å²) in [4.78, 5) is 27.7. The molecule has 3 aromatic rings. The standard InChI is InChI=1S/C30H33ClFN3O4/c1-19(36)33-27-10-9-20(17-26(27)32)24-7-6-8-25(28(24)38-5)21-15-22(31)18-23(16-21)34-11-13-35(14-12-34)29(37)39-30(2,3)4/h6-10,15-18H,11-14H2,1-5H3,(H,33,36). The molecule has 1 aliphatic rings. The number of amides is 2. The van der Waals surface area contributed by atoms with Crippen LogP contribution < -0.4 is 15.0 Å². The molecule has 0 radical (unpaired) electrons. The molecule has 2 amide bonds. The number of piperazine rings is 1. The molecule has 1 saturated heterocycles.